The summed E-state index contributed by atoms with van der Waals surface area (Å²) in [4.78, 5) is 23.7. The number of hydrogen-bond acceptors (Lipinski definition) is 3. The molecule has 0 radical (unpaired) electrons. The zero-order chi connectivity index (χ0) is 16.6. The van der Waals surface area contributed by atoms with E-state index < -0.39 is 5.97 Å². The minimum absolute atomic E-state index is 0.102. The summed E-state index contributed by atoms with van der Waals surface area (Å²) in [6.07, 6.45) is 4.47. The van der Waals surface area contributed by atoms with Crippen LogP contribution in [0.25, 0.3) is 0 Å². The SMILES string of the molecule is CCOC1CC(NC(=O)c2cc(C)cc(C(=O)O)c2)C12CCC2. The number of carboxylic acids is 1. The lowest BCUT2D eigenvalue weighted by Crippen LogP contribution is -2.67. The fourth-order valence-electron chi connectivity index (χ4n) is 3.92. The van der Waals surface area contributed by atoms with Gasteiger partial charge in [0.1, 0.15) is 0 Å². The van der Waals surface area contributed by atoms with Crippen molar-refractivity contribution in [2.75, 3.05) is 6.61 Å². The van der Waals surface area contributed by atoms with Gasteiger partial charge in [-0.2, -0.15) is 0 Å². The van der Waals surface area contributed by atoms with Gasteiger partial charge in [0.15, 0.2) is 0 Å². The number of ether oxygens (including phenoxy) is 1. The summed E-state index contributed by atoms with van der Waals surface area (Å²) in [6.45, 7) is 4.50. The maximum Gasteiger partial charge on any atom is 0.335 e. The first kappa shape index (κ1) is 16.0. The summed E-state index contributed by atoms with van der Waals surface area (Å²) >= 11 is 0. The normalized spacial score (nSPS) is 24.6. The van der Waals surface area contributed by atoms with Crippen molar-refractivity contribution in [2.24, 2.45) is 5.41 Å². The minimum Gasteiger partial charge on any atom is -0.478 e. The lowest BCUT2D eigenvalue weighted by atomic mass is 9.51. The molecule has 23 heavy (non-hydrogen) atoms. The van der Waals surface area contributed by atoms with Crippen molar-refractivity contribution in [2.45, 2.75) is 51.7 Å². The van der Waals surface area contributed by atoms with E-state index in [1.165, 1.54) is 12.5 Å². The zero-order valence-electron chi connectivity index (χ0n) is 13.6. The van der Waals surface area contributed by atoms with E-state index in [1.54, 1.807) is 19.1 Å². The van der Waals surface area contributed by atoms with Gasteiger partial charge in [0.25, 0.3) is 5.91 Å². The molecule has 5 heteroatoms. The summed E-state index contributed by atoms with van der Waals surface area (Å²) in [5.74, 6) is -1.21. The van der Waals surface area contributed by atoms with E-state index in [-0.39, 0.29) is 29.0 Å². The molecule has 2 atom stereocenters. The lowest BCUT2D eigenvalue weighted by molar-refractivity contribution is -0.169. The number of nitrogens with one attached hydrogen (secondary N) is 1. The number of carbonyl (C=O) groups is 2. The number of rotatable bonds is 5. The number of carbonyl (C=O) groups excluding carboxylic acids is 1. The first-order valence-corrected chi connectivity index (χ1v) is 8.24. The molecule has 3 rings (SSSR count). The van der Waals surface area contributed by atoms with Gasteiger partial charge >= 0.3 is 5.97 Å². The summed E-state index contributed by atoms with van der Waals surface area (Å²) in [7, 11) is 0. The first-order chi connectivity index (χ1) is 11.0. The van der Waals surface area contributed by atoms with Gasteiger partial charge in [0.05, 0.1) is 11.7 Å². The van der Waals surface area contributed by atoms with Crippen LogP contribution in [-0.2, 0) is 4.74 Å². The minimum atomic E-state index is -1.02. The second-order valence-electron chi connectivity index (χ2n) is 6.69. The van der Waals surface area contributed by atoms with Crippen LogP contribution in [0.4, 0.5) is 0 Å². The number of benzene rings is 1. The molecule has 0 bridgehead atoms. The average molecular weight is 317 g/mol. The highest BCUT2D eigenvalue weighted by Crippen LogP contribution is 2.57. The molecule has 2 N–H and O–H groups in total. The standard InChI is InChI=1S/C18H23NO4/c1-3-23-15-10-14(18(15)5-4-6-18)19-16(20)12-7-11(2)8-13(9-12)17(21)22/h7-9,14-15H,3-6,10H2,1-2H3,(H,19,20)(H,21,22). The molecule has 1 spiro atoms. The summed E-state index contributed by atoms with van der Waals surface area (Å²) in [5, 5.41) is 12.2. The Morgan fingerprint density at radius 2 is 2.00 bits per heavy atom. The first-order valence-electron chi connectivity index (χ1n) is 8.24. The molecule has 2 saturated carbocycles. The third-order valence-electron chi connectivity index (χ3n) is 5.33. The monoisotopic (exact) mass is 317 g/mol. The highest BCUT2D eigenvalue weighted by molar-refractivity contribution is 5.98. The number of carboxylic acid groups (broad SMARTS) is 1. The van der Waals surface area contributed by atoms with E-state index >= 15 is 0 Å². The average Bonchev–Trinajstić information content (AvgIpc) is 2.43. The van der Waals surface area contributed by atoms with E-state index in [4.69, 9.17) is 9.84 Å². The second-order valence-corrected chi connectivity index (χ2v) is 6.69. The van der Waals surface area contributed by atoms with Crippen molar-refractivity contribution >= 4 is 11.9 Å². The van der Waals surface area contributed by atoms with E-state index in [0.717, 1.165) is 24.8 Å². The Kier molecular flexibility index (Phi) is 4.15. The van der Waals surface area contributed by atoms with Crippen molar-refractivity contribution in [1.29, 1.82) is 0 Å². The molecule has 1 aromatic carbocycles. The van der Waals surface area contributed by atoms with Crippen molar-refractivity contribution in [3.05, 3.63) is 34.9 Å². The predicted molar refractivity (Wildman–Crippen MR) is 85.7 cm³/mol. The fourth-order valence-corrected chi connectivity index (χ4v) is 3.92. The quantitative estimate of drug-likeness (QED) is 0.875. The molecule has 1 aromatic rings. The smallest absolute Gasteiger partial charge is 0.335 e. The van der Waals surface area contributed by atoms with Crippen LogP contribution in [0.15, 0.2) is 18.2 Å². The van der Waals surface area contributed by atoms with Gasteiger partial charge in [0.2, 0.25) is 0 Å². The van der Waals surface area contributed by atoms with Crippen LogP contribution >= 0.6 is 0 Å². The van der Waals surface area contributed by atoms with Gasteiger partial charge < -0.3 is 15.2 Å². The van der Waals surface area contributed by atoms with E-state index in [0.29, 0.717) is 12.2 Å². The van der Waals surface area contributed by atoms with Crippen LogP contribution < -0.4 is 5.32 Å². The molecule has 2 aliphatic rings. The molecule has 5 nitrogen and oxygen atoms in total. The van der Waals surface area contributed by atoms with Crippen LogP contribution in [-0.4, -0.2) is 35.7 Å². The van der Waals surface area contributed by atoms with E-state index in [1.807, 2.05) is 6.92 Å². The Balaban J connectivity index is 1.72. The highest BCUT2D eigenvalue weighted by atomic mass is 16.5. The van der Waals surface area contributed by atoms with Crippen molar-refractivity contribution in [3.63, 3.8) is 0 Å². The number of aromatic carboxylic acids is 1. The second kappa shape index (κ2) is 5.96. The van der Waals surface area contributed by atoms with E-state index in [2.05, 4.69) is 5.32 Å². The molecular formula is C18H23NO4. The third-order valence-corrected chi connectivity index (χ3v) is 5.33. The molecule has 0 heterocycles. The van der Waals surface area contributed by atoms with Crippen LogP contribution in [0, 0.1) is 12.3 Å². The predicted octanol–water partition coefficient (Wildman–Crippen LogP) is 2.77. The maximum atomic E-state index is 12.5. The number of amides is 1. The molecule has 2 aliphatic carbocycles. The van der Waals surface area contributed by atoms with Crippen LogP contribution in [0.3, 0.4) is 0 Å². The highest BCUT2D eigenvalue weighted by Gasteiger charge is 2.59. The molecule has 0 aliphatic heterocycles. The summed E-state index contributed by atoms with van der Waals surface area (Å²) in [5.41, 5.74) is 1.44. The molecule has 0 saturated heterocycles. The number of aryl methyl sites for hydroxylation is 1. The Hall–Kier alpha value is -1.88. The fraction of sp³-hybridized carbons (Fsp3) is 0.556. The largest absolute Gasteiger partial charge is 0.478 e. The summed E-state index contributed by atoms with van der Waals surface area (Å²) < 4.78 is 5.79. The van der Waals surface area contributed by atoms with Gasteiger partial charge in [-0.15, -0.1) is 0 Å². The van der Waals surface area contributed by atoms with Crippen LogP contribution in [0.2, 0.25) is 0 Å². The van der Waals surface area contributed by atoms with Crippen LogP contribution in [0.1, 0.15) is 58.9 Å². The molecule has 0 aromatic heterocycles. The topological polar surface area (TPSA) is 75.6 Å². The van der Waals surface area contributed by atoms with Crippen molar-refractivity contribution in [1.82, 2.24) is 5.32 Å². The molecular weight excluding hydrogens is 294 g/mol. The zero-order valence-corrected chi connectivity index (χ0v) is 13.6. The maximum absolute atomic E-state index is 12.5. The summed E-state index contributed by atoms with van der Waals surface area (Å²) in [6, 6.07) is 4.88. The third kappa shape index (κ3) is 2.74. The van der Waals surface area contributed by atoms with Gasteiger partial charge in [-0.25, -0.2) is 4.79 Å². The Morgan fingerprint density at radius 1 is 1.30 bits per heavy atom. The Labute approximate surface area is 136 Å². The number of hydrogen-bond donors (Lipinski definition) is 2. The Morgan fingerprint density at radius 3 is 2.57 bits per heavy atom. The van der Waals surface area contributed by atoms with Gasteiger partial charge in [-0.1, -0.05) is 6.42 Å². The molecule has 124 valence electrons. The molecule has 2 unspecified atom stereocenters. The Bertz CT molecular complexity index is 636. The van der Waals surface area contributed by atoms with Crippen molar-refractivity contribution in [3.8, 4) is 0 Å². The van der Waals surface area contributed by atoms with Crippen LogP contribution in [0.5, 0.6) is 0 Å². The van der Waals surface area contributed by atoms with Gasteiger partial charge in [-0.05, 0) is 56.9 Å². The van der Waals surface area contributed by atoms with Gasteiger partial charge in [-0.3, -0.25) is 4.79 Å². The lowest BCUT2D eigenvalue weighted by Gasteiger charge is -2.61. The molecule has 2 fully saturated rings. The van der Waals surface area contributed by atoms with Gasteiger partial charge in [0, 0.05) is 23.6 Å². The van der Waals surface area contributed by atoms with Crippen molar-refractivity contribution < 1.29 is 19.4 Å². The van der Waals surface area contributed by atoms with E-state index in [9.17, 15) is 9.59 Å². The molecule has 1 amide bonds.